The molecule has 2 aromatic rings. The van der Waals surface area contributed by atoms with Crippen LogP contribution in [-0.4, -0.2) is 24.7 Å². The first kappa shape index (κ1) is 10.7. The number of rotatable bonds is 2. The lowest BCUT2D eigenvalue weighted by atomic mass is 9.95. The highest BCUT2D eigenvalue weighted by atomic mass is 19.1. The van der Waals surface area contributed by atoms with Crippen LogP contribution in [0.5, 0.6) is 0 Å². The zero-order chi connectivity index (χ0) is 11.7. The van der Waals surface area contributed by atoms with Crippen molar-refractivity contribution in [2.24, 2.45) is 0 Å². The van der Waals surface area contributed by atoms with E-state index in [9.17, 15) is 4.39 Å². The highest BCUT2D eigenvalue weighted by molar-refractivity contribution is 6.32. The molecule has 2 radical (unpaired) electrons. The molecule has 0 aliphatic carbocycles. The van der Waals surface area contributed by atoms with E-state index in [4.69, 9.17) is 7.85 Å². The van der Waals surface area contributed by atoms with Gasteiger partial charge in [0.1, 0.15) is 19.4 Å². The average molecular weight is 215 g/mol. The van der Waals surface area contributed by atoms with Gasteiger partial charge in [-0.15, -0.1) is 0 Å². The molecule has 16 heavy (non-hydrogen) atoms. The predicted octanol–water partition coefficient (Wildman–Crippen LogP) is 1.16. The fourth-order valence-electron chi connectivity index (χ4n) is 1.63. The van der Waals surface area contributed by atoms with Gasteiger partial charge in [-0.05, 0) is 25.1 Å². The summed E-state index contributed by atoms with van der Waals surface area (Å²) < 4.78 is 15.4. The van der Waals surface area contributed by atoms with Gasteiger partial charge in [-0.25, -0.2) is 9.07 Å². The van der Waals surface area contributed by atoms with Gasteiger partial charge in [-0.2, -0.15) is 5.10 Å². The van der Waals surface area contributed by atoms with Crippen molar-refractivity contribution in [1.82, 2.24) is 9.78 Å². The van der Waals surface area contributed by atoms with Crippen molar-refractivity contribution < 1.29 is 4.39 Å². The number of hydrogen-bond acceptors (Lipinski definition) is 2. The largest absolute Gasteiger partial charge is 0.386 e. The molecule has 0 fully saturated rings. The van der Waals surface area contributed by atoms with Crippen LogP contribution in [0.15, 0.2) is 24.4 Å². The molecule has 2 rings (SSSR count). The zero-order valence-corrected chi connectivity index (χ0v) is 9.16. The molecule has 0 saturated carbocycles. The van der Waals surface area contributed by atoms with E-state index in [1.54, 1.807) is 24.0 Å². The van der Waals surface area contributed by atoms with Crippen LogP contribution in [0.3, 0.4) is 0 Å². The third-order valence-corrected chi connectivity index (χ3v) is 2.40. The molecule has 1 N–H and O–H groups in total. The lowest BCUT2D eigenvalue weighted by Crippen LogP contribution is -2.12. The summed E-state index contributed by atoms with van der Waals surface area (Å²) in [5.41, 5.74) is 2.25. The predicted molar refractivity (Wildman–Crippen MR) is 63.2 cm³/mol. The molecule has 0 aliphatic rings. The van der Waals surface area contributed by atoms with E-state index >= 15 is 0 Å². The first-order chi connectivity index (χ1) is 7.63. The van der Waals surface area contributed by atoms with Crippen LogP contribution >= 0.6 is 0 Å². The summed E-state index contributed by atoms with van der Waals surface area (Å²) in [5.74, 6) is -0.392. The number of anilines is 1. The van der Waals surface area contributed by atoms with Gasteiger partial charge in [0.2, 0.25) is 0 Å². The van der Waals surface area contributed by atoms with Crippen LogP contribution in [0.4, 0.5) is 10.1 Å². The van der Waals surface area contributed by atoms with Gasteiger partial charge in [0.25, 0.3) is 0 Å². The fourth-order valence-corrected chi connectivity index (χ4v) is 1.63. The Labute approximate surface area is 94.7 Å². The molecular weight excluding hydrogens is 204 g/mol. The topological polar surface area (TPSA) is 29.9 Å². The molecule has 0 unspecified atom stereocenters. The Morgan fingerprint density at radius 2 is 2.19 bits per heavy atom. The molecule has 0 spiro atoms. The van der Waals surface area contributed by atoms with Crippen LogP contribution in [0.25, 0.3) is 5.69 Å². The molecule has 5 heteroatoms. The molecule has 1 aromatic carbocycles. The summed E-state index contributed by atoms with van der Waals surface area (Å²) in [7, 11) is 7.30. The fraction of sp³-hybridized carbons (Fsp3) is 0.182. The van der Waals surface area contributed by atoms with Gasteiger partial charge in [0, 0.05) is 18.9 Å². The van der Waals surface area contributed by atoms with Crippen molar-refractivity contribution in [1.29, 1.82) is 0 Å². The second kappa shape index (κ2) is 4.00. The summed E-state index contributed by atoms with van der Waals surface area (Å²) in [6.45, 7) is 1.86. The van der Waals surface area contributed by atoms with Crippen molar-refractivity contribution in [2.45, 2.75) is 6.92 Å². The van der Waals surface area contributed by atoms with E-state index in [2.05, 4.69) is 10.4 Å². The highest BCUT2D eigenvalue weighted by Gasteiger charge is 2.12. The summed E-state index contributed by atoms with van der Waals surface area (Å²) in [6, 6.07) is 4.78. The van der Waals surface area contributed by atoms with E-state index in [1.165, 1.54) is 6.07 Å². The number of halogens is 1. The molecule has 0 saturated heterocycles. The lowest BCUT2D eigenvalue weighted by Gasteiger charge is -2.13. The number of benzene rings is 1. The lowest BCUT2D eigenvalue weighted by molar-refractivity contribution is 0.610. The molecule has 80 valence electrons. The molecule has 0 atom stereocenters. The summed E-state index contributed by atoms with van der Waals surface area (Å²) in [6.07, 6.45) is 1.63. The van der Waals surface area contributed by atoms with Gasteiger partial charge in [0.15, 0.2) is 0 Å². The number of aromatic nitrogens is 2. The Balaban J connectivity index is 2.69. The van der Waals surface area contributed by atoms with Gasteiger partial charge in [0.05, 0.1) is 5.69 Å². The molecule has 0 bridgehead atoms. The molecule has 0 aliphatic heterocycles. The smallest absolute Gasteiger partial charge is 0.150 e. The van der Waals surface area contributed by atoms with E-state index in [0.29, 0.717) is 16.8 Å². The molecular formula is C11H11BFN3. The Kier molecular flexibility index (Phi) is 2.68. The van der Waals surface area contributed by atoms with Crippen LogP contribution in [-0.2, 0) is 0 Å². The number of nitrogens with zero attached hydrogens (tertiary/aromatic N) is 2. The van der Waals surface area contributed by atoms with Gasteiger partial charge in [-0.3, -0.25) is 0 Å². The minimum Gasteiger partial charge on any atom is -0.386 e. The van der Waals surface area contributed by atoms with Gasteiger partial charge in [-0.1, -0.05) is 5.46 Å². The van der Waals surface area contributed by atoms with Gasteiger partial charge < -0.3 is 5.32 Å². The Bertz CT molecular complexity index is 522. The van der Waals surface area contributed by atoms with Crippen molar-refractivity contribution in [3.05, 3.63) is 35.9 Å². The molecule has 1 aromatic heterocycles. The molecule has 0 amide bonds. The third-order valence-electron chi connectivity index (χ3n) is 2.40. The quantitative estimate of drug-likeness (QED) is 0.761. The second-order valence-corrected chi connectivity index (χ2v) is 3.53. The summed E-state index contributed by atoms with van der Waals surface area (Å²) in [5, 5.41) is 6.99. The normalized spacial score (nSPS) is 10.4. The van der Waals surface area contributed by atoms with Crippen LogP contribution in [0, 0.1) is 12.7 Å². The minimum absolute atomic E-state index is 0.385. The standard InChI is InChI=1S/C11H11BFN3/c1-7-3-4-15-16(7)11-9(13)5-8(12)6-10(11)14-2/h3-6,14H,1-2H3. The maximum atomic E-state index is 13.9. The maximum absolute atomic E-state index is 13.9. The number of nitrogens with one attached hydrogen (secondary N) is 1. The zero-order valence-electron chi connectivity index (χ0n) is 9.16. The number of aryl methyl sites for hydroxylation is 1. The Morgan fingerprint density at radius 1 is 1.44 bits per heavy atom. The van der Waals surface area contributed by atoms with E-state index in [0.717, 1.165) is 5.69 Å². The minimum atomic E-state index is -0.392. The monoisotopic (exact) mass is 215 g/mol. The van der Waals surface area contributed by atoms with Crippen molar-refractivity contribution in [2.75, 3.05) is 12.4 Å². The van der Waals surface area contributed by atoms with Crippen LogP contribution in [0.1, 0.15) is 5.69 Å². The number of hydrogen-bond donors (Lipinski definition) is 1. The van der Waals surface area contributed by atoms with E-state index in [1.807, 2.05) is 13.0 Å². The van der Waals surface area contributed by atoms with Crippen LogP contribution in [0.2, 0.25) is 0 Å². The Hall–Kier alpha value is -1.78. The van der Waals surface area contributed by atoms with Gasteiger partial charge >= 0.3 is 0 Å². The SMILES string of the molecule is [B]c1cc(F)c(-n2nccc2C)c(NC)c1. The van der Waals surface area contributed by atoms with Crippen LogP contribution < -0.4 is 10.8 Å². The molecule has 3 nitrogen and oxygen atoms in total. The second-order valence-electron chi connectivity index (χ2n) is 3.53. The molecule has 1 heterocycles. The van der Waals surface area contributed by atoms with E-state index < -0.39 is 5.82 Å². The van der Waals surface area contributed by atoms with Crippen molar-refractivity contribution in [3.63, 3.8) is 0 Å². The third kappa shape index (κ3) is 1.69. The van der Waals surface area contributed by atoms with Crippen molar-refractivity contribution >= 4 is 19.0 Å². The summed E-state index contributed by atoms with van der Waals surface area (Å²) >= 11 is 0. The van der Waals surface area contributed by atoms with Crippen molar-refractivity contribution in [3.8, 4) is 5.69 Å². The highest BCUT2D eigenvalue weighted by Crippen LogP contribution is 2.22. The summed E-state index contributed by atoms with van der Waals surface area (Å²) in [4.78, 5) is 0. The Morgan fingerprint density at radius 3 is 2.75 bits per heavy atom. The maximum Gasteiger partial charge on any atom is 0.150 e. The van der Waals surface area contributed by atoms with E-state index in [-0.39, 0.29) is 0 Å². The first-order valence-electron chi connectivity index (χ1n) is 4.91. The first-order valence-corrected chi connectivity index (χ1v) is 4.91. The average Bonchev–Trinajstić information content (AvgIpc) is 2.63.